The number of aliphatic hydroxyl groups is 1. The van der Waals surface area contributed by atoms with Crippen molar-refractivity contribution in [3.63, 3.8) is 0 Å². The summed E-state index contributed by atoms with van der Waals surface area (Å²) in [7, 11) is 0. The number of esters is 1. The first-order chi connectivity index (χ1) is 15.6. The van der Waals surface area contributed by atoms with Crippen molar-refractivity contribution in [2.75, 3.05) is 22.9 Å². The molecule has 0 bridgehead atoms. The number of benzene rings is 1. The molecule has 0 saturated heterocycles. The van der Waals surface area contributed by atoms with Crippen molar-refractivity contribution in [2.45, 2.75) is 89.5 Å². The van der Waals surface area contributed by atoms with E-state index in [0.717, 1.165) is 44.9 Å². The van der Waals surface area contributed by atoms with E-state index in [1.165, 1.54) is 4.90 Å². The van der Waals surface area contributed by atoms with E-state index < -0.39 is 11.6 Å². The van der Waals surface area contributed by atoms with Crippen LogP contribution in [-0.4, -0.2) is 59.8 Å². The minimum Gasteiger partial charge on any atom is -0.456 e. The van der Waals surface area contributed by atoms with Gasteiger partial charge in [0, 0.05) is 12.1 Å². The minimum absolute atomic E-state index is 0.0365. The summed E-state index contributed by atoms with van der Waals surface area (Å²) < 4.78 is 5.52. The van der Waals surface area contributed by atoms with E-state index in [-0.39, 0.29) is 43.1 Å². The van der Waals surface area contributed by atoms with Gasteiger partial charge in [0.05, 0.1) is 29.6 Å². The van der Waals surface area contributed by atoms with Gasteiger partial charge in [0.2, 0.25) is 11.8 Å². The highest BCUT2D eigenvalue weighted by molar-refractivity contribution is 6.12. The Kier molecular flexibility index (Phi) is 6.77. The number of anilines is 2. The fourth-order valence-electron chi connectivity index (χ4n) is 4.71. The first-order valence-electron chi connectivity index (χ1n) is 12.0. The SMILES string of the molecule is CC(C)(C)OC(=O)c1ccc2c(c1)N(C(=O)CNC1CCC(O)CC1)CC(=O)N2C1CCC1. The number of nitrogens with zero attached hydrogens (tertiary/aromatic N) is 2. The predicted octanol–water partition coefficient (Wildman–Crippen LogP) is 2.77. The van der Waals surface area contributed by atoms with Crippen LogP contribution in [0.25, 0.3) is 0 Å². The molecule has 2 fully saturated rings. The molecule has 2 amide bonds. The van der Waals surface area contributed by atoms with Gasteiger partial charge in [-0.3, -0.25) is 14.5 Å². The first-order valence-corrected chi connectivity index (χ1v) is 12.0. The number of hydrogen-bond acceptors (Lipinski definition) is 6. The van der Waals surface area contributed by atoms with E-state index in [9.17, 15) is 19.5 Å². The third kappa shape index (κ3) is 5.38. The molecule has 8 nitrogen and oxygen atoms in total. The number of rotatable bonds is 5. The van der Waals surface area contributed by atoms with Crippen LogP contribution in [0.3, 0.4) is 0 Å². The average Bonchev–Trinajstić information content (AvgIpc) is 2.72. The summed E-state index contributed by atoms with van der Waals surface area (Å²) in [6.07, 6.45) is 5.82. The van der Waals surface area contributed by atoms with Crippen LogP contribution in [-0.2, 0) is 14.3 Å². The Morgan fingerprint density at radius 2 is 1.79 bits per heavy atom. The zero-order valence-electron chi connectivity index (χ0n) is 19.8. The van der Waals surface area contributed by atoms with Gasteiger partial charge < -0.3 is 20.1 Å². The summed E-state index contributed by atoms with van der Waals surface area (Å²) >= 11 is 0. The molecule has 0 radical (unpaired) electrons. The summed E-state index contributed by atoms with van der Waals surface area (Å²) in [5.41, 5.74) is 0.986. The van der Waals surface area contributed by atoms with E-state index in [1.807, 2.05) is 20.8 Å². The molecule has 4 rings (SSSR count). The molecule has 180 valence electrons. The predicted molar refractivity (Wildman–Crippen MR) is 125 cm³/mol. The number of carbonyl (C=O) groups is 3. The maximum atomic E-state index is 13.2. The fourth-order valence-corrected chi connectivity index (χ4v) is 4.71. The highest BCUT2D eigenvalue weighted by Gasteiger charge is 2.39. The van der Waals surface area contributed by atoms with Gasteiger partial charge in [0.1, 0.15) is 12.1 Å². The second-order valence-corrected chi connectivity index (χ2v) is 10.4. The van der Waals surface area contributed by atoms with E-state index in [1.54, 1.807) is 23.1 Å². The topological polar surface area (TPSA) is 99.2 Å². The summed E-state index contributed by atoms with van der Waals surface area (Å²) in [6.45, 7) is 5.50. The van der Waals surface area contributed by atoms with E-state index in [2.05, 4.69) is 5.32 Å². The number of nitrogens with one attached hydrogen (secondary N) is 1. The van der Waals surface area contributed by atoms with E-state index in [0.29, 0.717) is 16.9 Å². The van der Waals surface area contributed by atoms with Crippen LogP contribution in [0.5, 0.6) is 0 Å². The molecule has 3 aliphatic rings. The Morgan fingerprint density at radius 3 is 2.39 bits per heavy atom. The number of ether oxygens (including phenoxy) is 1. The molecule has 0 atom stereocenters. The molecule has 2 saturated carbocycles. The average molecular weight is 458 g/mol. The van der Waals surface area contributed by atoms with Crippen LogP contribution in [0.1, 0.15) is 76.1 Å². The van der Waals surface area contributed by atoms with Crippen molar-refractivity contribution in [1.82, 2.24) is 5.32 Å². The first kappa shape index (κ1) is 23.7. The summed E-state index contributed by atoms with van der Waals surface area (Å²) in [4.78, 5) is 42.2. The zero-order chi connectivity index (χ0) is 23.8. The second kappa shape index (κ2) is 9.43. The zero-order valence-corrected chi connectivity index (χ0v) is 19.8. The van der Waals surface area contributed by atoms with Crippen LogP contribution in [0, 0.1) is 0 Å². The molecular weight excluding hydrogens is 422 g/mol. The molecule has 0 aromatic heterocycles. The molecule has 8 heteroatoms. The smallest absolute Gasteiger partial charge is 0.338 e. The molecule has 1 aliphatic heterocycles. The van der Waals surface area contributed by atoms with Gasteiger partial charge in [0.15, 0.2) is 0 Å². The molecule has 33 heavy (non-hydrogen) atoms. The molecule has 0 spiro atoms. The van der Waals surface area contributed by atoms with Gasteiger partial charge in [-0.15, -0.1) is 0 Å². The third-order valence-electron chi connectivity index (χ3n) is 6.70. The van der Waals surface area contributed by atoms with Crippen molar-refractivity contribution in [3.8, 4) is 0 Å². The maximum Gasteiger partial charge on any atom is 0.338 e. The van der Waals surface area contributed by atoms with Crippen molar-refractivity contribution in [2.24, 2.45) is 0 Å². The number of aliphatic hydroxyl groups excluding tert-OH is 1. The third-order valence-corrected chi connectivity index (χ3v) is 6.70. The lowest BCUT2D eigenvalue weighted by Crippen LogP contribution is -2.55. The second-order valence-electron chi connectivity index (χ2n) is 10.4. The minimum atomic E-state index is -0.631. The van der Waals surface area contributed by atoms with Crippen LogP contribution >= 0.6 is 0 Å². The number of fused-ring (bicyclic) bond motifs is 1. The monoisotopic (exact) mass is 457 g/mol. The number of carbonyl (C=O) groups excluding carboxylic acids is 3. The molecule has 0 unspecified atom stereocenters. The van der Waals surface area contributed by atoms with E-state index in [4.69, 9.17) is 4.74 Å². The van der Waals surface area contributed by atoms with Gasteiger partial charge in [-0.1, -0.05) is 0 Å². The molecule has 1 aromatic carbocycles. The Balaban J connectivity index is 1.57. The standard InChI is InChI=1S/C25H35N3O5/c1-25(2,3)33-24(32)16-7-12-20-21(13-16)27(15-23(31)28(20)18-5-4-6-18)22(30)14-26-17-8-10-19(29)11-9-17/h7,12-13,17-19,26,29H,4-6,8-11,14-15H2,1-3H3. The molecule has 1 aromatic rings. The number of hydrogen-bond donors (Lipinski definition) is 2. The van der Waals surface area contributed by atoms with Gasteiger partial charge in [-0.05, 0) is 83.9 Å². The van der Waals surface area contributed by atoms with Crippen molar-refractivity contribution in [3.05, 3.63) is 23.8 Å². The van der Waals surface area contributed by atoms with Gasteiger partial charge >= 0.3 is 5.97 Å². The Hall–Kier alpha value is -2.45. The summed E-state index contributed by atoms with van der Waals surface area (Å²) in [5, 5.41) is 13.0. The molecule has 2 N–H and O–H groups in total. The molecule has 1 heterocycles. The molecular formula is C25H35N3O5. The highest BCUT2D eigenvalue weighted by Crippen LogP contribution is 2.40. The van der Waals surface area contributed by atoms with Crippen molar-refractivity contribution >= 4 is 29.2 Å². The largest absolute Gasteiger partial charge is 0.456 e. The summed E-state index contributed by atoms with van der Waals surface area (Å²) in [5.74, 6) is -0.750. The van der Waals surface area contributed by atoms with Crippen LogP contribution in [0.4, 0.5) is 11.4 Å². The highest BCUT2D eigenvalue weighted by atomic mass is 16.6. The Bertz CT molecular complexity index is 913. The quantitative estimate of drug-likeness (QED) is 0.660. The van der Waals surface area contributed by atoms with Gasteiger partial charge in [-0.25, -0.2) is 4.79 Å². The van der Waals surface area contributed by atoms with Gasteiger partial charge in [-0.2, -0.15) is 0 Å². The lowest BCUT2D eigenvalue weighted by Gasteiger charge is -2.43. The normalized spacial score (nSPS) is 23.7. The lowest BCUT2D eigenvalue weighted by atomic mass is 9.90. The van der Waals surface area contributed by atoms with E-state index >= 15 is 0 Å². The number of amides is 2. The maximum absolute atomic E-state index is 13.2. The van der Waals surface area contributed by atoms with Crippen LogP contribution in [0.15, 0.2) is 18.2 Å². The van der Waals surface area contributed by atoms with Gasteiger partial charge in [0.25, 0.3) is 0 Å². The van der Waals surface area contributed by atoms with Crippen LogP contribution in [0.2, 0.25) is 0 Å². The fraction of sp³-hybridized carbons (Fsp3) is 0.640. The van der Waals surface area contributed by atoms with Crippen molar-refractivity contribution in [1.29, 1.82) is 0 Å². The Labute approximate surface area is 195 Å². The van der Waals surface area contributed by atoms with Crippen molar-refractivity contribution < 1.29 is 24.2 Å². The molecule has 2 aliphatic carbocycles. The lowest BCUT2D eigenvalue weighted by molar-refractivity contribution is -0.123. The summed E-state index contributed by atoms with van der Waals surface area (Å²) in [6, 6.07) is 5.44. The Morgan fingerprint density at radius 1 is 1.09 bits per heavy atom. The van der Waals surface area contributed by atoms with Crippen LogP contribution < -0.4 is 15.1 Å².